The first kappa shape index (κ1) is 22.6. The van der Waals surface area contributed by atoms with Crippen molar-refractivity contribution in [1.82, 2.24) is 15.2 Å². The summed E-state index contributed by atoms with van der Waals surface area (Å²) in [6.45, 7) is 6.40. The van der Waals surface area contributed by atoms with Crippen molar-refractivity contribution in [3.05, 3.63) is 65.5 Å². The molecule has 1 N–H and O–H groups in total. The number of nitrogens with zero attached hydrogens (tertiary/aromatic N) is 3. The molecule has 1 aromatic carbocycles. The largest absolute Gasteiger partial charge is 0.376 e. The Morgan fingerprint density at radius 2 is 2.04 bits per heavy atom. The van der Waals surface area contributed by atoms with Crippen LogP contribution in [0, 0.1) is 12.8 Å². The minimum Gasteiger partial charge on any atom is -0.376 e. The molecule has 5 nitrogen and oxygen atoms in total. The van der Waals surface area contributed by atoms with Gasteiger partial charge < -0.3 is 15.0 Å². The number of likely N-dealkylation sites (tertiary alicyclic amines) is 1. The van der Waals surface area contributed by atoms with E-state index in [4.69, 9.17) is 4.74 Å². The van der Waals surface area contributed by atoms with Crippen LogP contribution >= 0.6 is 24.0 Å². The smallest absolute Gasteiger partial charge is 0.193 e. The summed E-state index contributed by atoms with van der Waals surface area (Å²) in [6, 6.07) is 14.6. The van der Waals surface area contributed by atoms with E-state index in [1.54, 1.807) is 0 Å². The fourth-order valence-electron chi connectivity index (χ4n) is 3.38. The van der Waals surface area contributed by atoms with Crippen molar-refractivity contribution in [3.63, 3.8) is 0 Å². The Hall–Kier alpha value is -1.67. The number of hydrogen-bond donors (Lipinski definition) is 1. The molecule has 1 saturated heterocycles. The van der Waals surface area contributed by atoms with Crippen molar-refractivity contribution in [1.29, 1.82) is 0 Å². The Balaban J connectivity index is 0.00000280. The molecule has 0 aliphatic carbocycles. The van der Waals surface area contributed by atoms with E-state index in [0.29, 0.717) is 12.5 Å². The maximum absolute atomic E-state index is 5.92. The van der Waals surface area contributed by atoms with Gasteiger partial charge in [0.2, 0.25) is 0 Å². The standard InChI is InChI=1S/C22H30N4O.HI/c1-18-8-9-19(14-25-18)10-12-24-22(23-2)26-13-11-21(15-26)17-27-16-20-6-4-3-5-7-20;/h3-9,14,21H,10-13,15-17H2,1-2H3,(H,23,24);1H. The van der Waals surface area contributed by atoms with Gasteiger partial charge in [0.1, 0.15) is 0 Å². The Bertz CT molecular complexity index is 721. The number of benzene rings is 1. The molecule has 1 atom stereocenters. The minimum absolute atomic E-state index is 0. The average molecular weight is 494 g/mol. The predicted octanol–water partition coefficient (Wildman–Crippen LogP) is 3.66. The average Bonchev–Trinajstić information content (AvgIpc) is 3.16. The van der Waals surface area contributed by atoms with Crippen molar-refractivity contribution in [2.45, 2.75) is 26.4 Å². The summed E-state index contributed by atoms with van der Waals surface area (Å²) in [7, 11) is 1.86. The first-order valence-corrected chi connectivity index (χ1v) is 9.73. The summed E-state index contributed by atoms with van der Waals surface area (Å²) in [4.78, 5) is 11.1. The van der Waals surface area contributed by atoms with Gasteiger partial charge in [0.15, 0.2) is 5.96 Å². The molecule has 0 radical (unpaired) electrons. The van der Waals surface area contributed by atoms with Gasteiger partial charge >= 0.3 is 0 Å². The number of halogens is 1. The molecule has 0 bridgehead atoms. The lowest BCUT2D eigenvalue weighted by Gasteiger charge is -2.21. The highest BCUT2D eigenvalue weighted by atomic mass is 127. The van der Waals surface area contributed by atoms with Gasteiger partial charge in [-0.3, -0.25) is 9.98 Å². The van der Waals surface area contributed by atoms with Crippen LogP contribution in [0.3, 0.4) is 0 Å². The number of pyridine rings is 1. The van der Waals surface area contributed by atoms with E-state index in [0.717, 1.165) is 50.7 Å². The van der Waals surface area contributed by atoms with Crippen LogP contribution in [-0.2, 0) is 17.8 Å². The lowest BCUT2D eigenvalue weighted by Crippen LogP contribution is -2.41. The zero-order valence-electron chi connectivity index (χ0n) is 16.8. The maximum atomic E-state index is 5.92. The molecule has 152 valence electrons. The van der Waals surface area contributed by atoms with E-state index in [1.165, 1.54) is 11.1 Å². The molecular weight excluding hydrogens is 463 g/mol. The number of rotatable bonds is 7. The van der Waals surface area contributed by atoms with Crippen LogP contribution in [0.1, 0.15) is 23.2 Å². The molecule has 1 aliphatic rings. The Labute approximate surface area is 185 Å². The number of hydrogen-bond acceptors (Lipinski definition) is 3. The Kier molecular flexibility index (Phi) is 9.70. The van der Waals surface area contributed by atoms with Crippen LogP contribution < -0.4 is 5.32 Å². The quantitative estimate of drug-likeness (QED) is 0.363. The van der Waals surface area contributed by atoms with Crippen molar-refractivity contribution in [2.24, 2.45) is 10.9 Å². The Morgan fingerprint density at radius 3 is 2.75 bits per heavy atom. The molecule has 6 heteroatoms. The maximum Gasteiger partial charge on any atom is 0.193 e. The van der Waals surface area contributed by atoms with Crippen molar-refractivity contribution >= 4 is 29.9 Å². The highest BCUT2D eigenvalue weighted by molar-refractivity contribution is 14.0. The van der Waals surface area contributed by atoms with E-state index in [2.05, 4.69) is 56.6 Å². The topological polar surface area (TPSA) is 49.8 Å². The molecule has 1 unspecified atom stereocenters. The fraction of sp³-hybridized carbons (Fsp3) is 0.455. The van der Waals surface area contributed by atoms with Crippen LogP contribution in [-0.4, -0.2) is 49.1 Å². The van der Waals surface area contributed by atoms with Crippen molar-refractivity contribution in [3.8, 4) is 0 Å². The third-order valence-electron chi connectivity index (χ3n) is 4.93. The molecule has 1 aromatic heterocycles. The molecule has 0 spiro atoms. The number of guanidine groups is 1. The highest BCUT2D eigenvalue weighted by Crippen LogP contribution is 2.17. The zero-order chi connectivity index (χ0) is 18.9. The van der Waals surface area contributed by atoms with Gasteiger partial charge in [-0.25, -0.2) is 0 Å². The van der Waals surface area contributed by atoms with Gasteiger partial charge in [0, 0.05) is 44.5 Å². The second kappa shape index (κ2) is 12.0. The van der Waals surface area contributed by atoms with E-state index >= 15 is 0 Å². The van der Waals surface area contributed by atoms with Crippen LogP contribution in [0.4, 0.5) is 0 Å². The second-order valence-corrected chi connectivity index (χ2v) is 7.13. The lowest BCUT2D eigenvalue weighted by molar-refractivity contribution is 0.0907. The molecule has 3 rings (SSSR count). The normalized spacial score (nSPS) is 16.7. The van der Waals surface area contributed by atoms with Crippen LogP contribution in [0.25, 0.3) is 0 Å². The van der Waals surface area contributed by atoms with Crippen LogP contribution in [0.2, 0.25) is 0 Å². The molecule has 1 fully saturated rings. The summed E-state index contributed by atoms with van der Waals surface area (Å²) in [5, 5.41) is 3.48. The highest BCUT2D eigenvalue weighted by Gasteiger charge is 2.24. The molecule has 2 heterocycles. The lowest BCUT2D eigenvalue weighted by atomic mass is 10.1. The molecule has 28 heavy (non-hydrogen) atoms. The number of nitrogens with one attached hydrogen (secondary N) is 1. The van der Waals surface area contributed by atoms with Gasteiger partial charge in [-0.2, -0.15) is 0 Å². The SMILES string of the molecule is CN=C(NCCc1ccc(C)nc1)N1CCC(COCc2ccccc2)C1.I. The summed E-state index contributed by atoms with van der Waals surface area (Å²) in [6.07, 6.45) is 4.05. The number of aromatic nitrogens is 1. The third-order valence-corrected chi connectivity index (χ3v) is 4.93. The monoisotopic (exact) mass is 494 g/mol. The van der Waals surface area contributed by atoms with Crippen molar-refractivity contribution in [2.75, 3.05) is 33.3 Å². The van der Waals surface area contributed by atoms with Crippen molar-refractivity contribution < 1.29 is 4.74 Å². The zero-order valence-corrected chi connectivity index (χ0v) is 19.1. The summed E-state index contributed by atoms with van der Waals surface area (Å²) < 4.78 is 5.92. The van der Waals surface area contributed by atoms with Crippen LogP contribution in [0.15, 0.2) is 53.7 Å². The van der Waals surface area contributed by atoms with E-state index < -0.39 is 0 Å². The van der Waals surface area contributed by atoms with E-state index in [-0.39, 0.29) is 24.0 Å². The number of ether oxygens (including phenoxy) is 1. The molecular formula is C22H31IN4O. The minimum atomic E-state index is 0. The molecule has 0 saturated carbocycles. The van der Waals surface area contributed by atoms with E-state index in [9.17, 15) is 0 Å². The summed E-state index contributed by atoms with van der Waals surface area (Å²) in [5.74, 6) is 1.55. The first-order valence-electron chi connectivity index (χ1n) is 9.73. The summed E-state index contributed by atoms with van der Waals surface area (Å²) in [5.41, 5.74) is 3.53. The Morgan fingerprint density at radius 1 is 1.21 bits per heavy atom. The van der Waals surface area contributed by atoms with Gasteiger partial charge in [-0.05, 0) is 37.0 Å². The second-order valence-electron chi connectivity index (χ2n) is 7.13. The van der Waals surface area contributed by atoms with Gasteiger partial charge in [0.05, 0.1) is 13.2 Å². The fourth-order valence-corrected chi connectivity index (χ4v) is 3.38. The number of aliphatic imine (C=N–C) groups is 1. The first-order chi connectivity index (χ1) is 13.2. The van der Waals surface area contributed by atoms with Gasteiger partial charge in [-0.15, -0.1) is 24.0 Å². The van der Waals surface area contributed by atoms with Gasteiger partial charge in [0.25, 0.3) is 0 Å². The third kappa shape index (κ3) is 7.05. The molecule has 1 aliphatic heterocycles. The van der Waals surface area contributed by atoms with Gasteiger partial charge in [-0.1, -0.05) is 36.4 Å². The molecule has 2 aromatic rings. The van der Waals surface area contributed by atoms with E-state index in [1.807, 2.05) is 26.2 Å². The number of aryl methyl sites for hydroxylation is 1. The predicted molar refractivity (Wildman–Crippen MR) is 125 cm³/mol. The summed E-state index contributed by atoms with van der Waals surface area (Å²) >= 11 is 0. The molecule has 0 amide bonds. The van der Waals surface area contributed by atoms with Crippen LogP contribution in [0.5, 0.6) is 0 Å².